The third-order valence-corrected chi connectivity index (χ3v) is 9.30. The smallest absolute Gasteiger partial charge is 0.264 e. The van der Waals surface area contributed by atoms with Crippen LogP contribution in [0.25, 0.3) is 0 Å². The van der Waals surface area contributed by atoms with Crippen LogP contribution in [0.4, 0.5) is 5.69 Å². The maximum Gasteiger partial charge on any atom is 0.264 e. The summed E-state index contributed by atoms with van der Waals surface area (Å²) in [6, 6.07) is 29.3. The lowest BCUT2D eigenvalue weighted by Crippen LogP contribution is -2.56. The summed E-state index contributed by atoms with van der Waals surface area (Å²) in [4.78, 5) is 30.0. The van der Waals surface area contributed by atoms with Crippen molar-refractivity contribution in [2.24, 2.45) is 0 Å². The normalized spacial score (nSPS) is 12.3. The molecule has 0 aliphatic carbocycles. The van der Waals surface area contributed by atoms with Crippen molar-refractivity contribution in [2.75, 3.05) is 10.8 Å². The van der Waals surface area contributed by atoms with Gasteiger partial charge in [-0.1, -0.05) is 96.0 Å². The van der Waals surface area contributed by atoms with Crippen LogP contribution in [-0.4, -0.2) is 43.3 Å². The van der Waals surface area contributed by atoms with Crippen LogP contribution in [-0.2, 0) is 32.6 Å². The number of carbonyl (C=O) groups is 2. The highest BCUT2D eigenvalue weighted by Gasteiger charge is 2.36. The van der Waals surface area contributed by atoms with Gasteiger partial charge in [0.1, 0.15) is 12.6 Å². The van der Waals surface area contributed by atoms with E-state index in [1.165, 1.54) is 17.0 Å². The van der Waals surface area contributed by atoms with Crippen molar-refractivity contribution >= 4 is 39.1 Å². The molecule has 0 fully saturated rings. The molecule has 0 radical (unpaired) electrons. The van der Waals surface area contributed by atoms with Crippen LogP contribution >= 0.6 is 11.6 Å². The molecule has 0 aromatic heterocycles. The summed E-state index contributed by atoms with van der Waals surface area (Å²) in [5.41, 5.74) is 2.93. The molecule has 0 aliphatic heterocycles. The van der Waals surface area contributed by atoms with Crippen LogP contribution in [0.3, 0.4) is 0 Å². The molecule has 0 heterocycles. The van der Waals surface area contributed by atoms with Gasteiger partial charge in [-0.2, -0.15) is 0 Å². The Morgan fingerprint density at radius 2 is 1.40 bits per heavy atom. The minimum atomic E-state index is -4.22. The lowest BCUT2D eigenvalue weighted by Gasteiger charge is -2.35. The molecule has 0 aliphatic rings. The fraction of sp³-hybridized carbons (Fsp3) is 0.278. The zero-order valence-electron chi connectivity index (χ0n) is 26.3. The van der Waals surface area contributed by atoms with Crippen molar-refractivity contribution in [3.63, 3.8) is 0 Å². The van der Waals surface area contributed by atoms with Crippen molar-refractivity contribution in [3.05, 3.63) is 130 Å². The molecule has 9 heteroatoms. The number of carbonyl (C=O) groups excluding carboxylic acids is 2. The Labute approximate surface area is 271 Å². The Bertz CT molecular complexity index is 1720. The van der Waals surface area contributed by atoms with E-state index in [4.69, 9.17) is 11.6 Å². The topological polar surface area (TPSA) is 86.8 Å². The van der Waals surface area contributed by atoms with Gasteiger partial charge >= 0.3 is 0 Å². The molecule has 0 saturated heterocycles. The number of nitrogens with zero attached hydrogens (tertiary/aromatic N) is 2. The second-order valence-corrected chi connectivity index (χ2v) is 14.5. The van der Waals surface area contributed by atoms with E-state index in [-0.39, 0.29) is 29.5 Å². The number of hydrogen-bond donors (Lipinski definition) is 1. The number of halogens is 1. The fourth-order valence-electron chi connectivity index (χ4n) is 4.99. The molecule has 7 nitrogen and oxygen atoms in total. The maximum atomic E-state index is 14.6. The average molecular weight is 646 g/mol. The Morgan fingerprint density at radius 3 is 1.98 bits per heavy atom. The van der Waals surface area contributed by atoms with E-state index in [9.17, 15) is 18.0 Å². The second kappa shape index (κ2) is 14.3. The Balaban J connectivity index is 1.83. The molecule has 0 saturated carbocycles. The van der Waals surface area contributed by atoms with E-state index in [0.717, 1.165) is 21.0 Å². The number of nitrogens with one attached hydrogen (secondary N) is 1. The lowest BCUT2D eigenvalue weighted by atomic mass is 10.0. The molecule has 4 aromatic rings. The molecule has 236 valence electrons. The third-order valence-electron chi connectivity index (χ3n) is 7.29. The first kappa shape index (κ1) is 33.7. The molecule has 0 unspecified atom stereocenters. The largest absolute Gasteiger partial charge is 0.350 e. The first-order valence-corrected chi connectivity index (χ1v) is 16.6. The van der Waals surface area contributed by atoms with Crippen LogP contribution in [0, 0.1) is 13.8 Å². The molecular formula is C36H40ClN3O4S. The van der Waals surface area contributed by atoms with E-state index >= 15 is 0 Å². The number of rotatable bonds is 11. The summed E-state index contributed by atoms with van der Waals surface area (Å²) >= 11 is 6.36. The highest BCUT2D eigenvalue weighted by atomic mass is 35.5. The molecular weight excluding hydrogens is 606 g/mol. The van der Waals surface area contributed by atoms with E-state index < -0.39 is 34.1 Å². The fourth-order valence-corrected chi connectivity index (χ4v) is 6.63. The van der Waals surface area contributed by atoms with Crippen LogP contribution in [0.5, 0.6) is 0 Å². The summed E-state index contributed by atoms with van der Waals surface area (Å²) in [5, 5.41) is 3.37. The first-order valence-electron chi connectivity index (χ1n) is 14.8. The summed E-state index contributed by atoms with van der Waals surface area (Å²) < 4.78 is 29.6. The van der Waals surface area contributed by atoms with Gasteiger partial charge in [-0.05, 0) is 75.6 Å². The summed E-state index contributed by atoms with van der Waals surface area (Å²) in [6.45, 7) is 8.84. The Morgan fingerprint density at radius 1 is 0.822 bits per heavy atom. The van der Waals surface area contributed by atoms with Gasteiger partial charge in [0, 0.05) is 23.5 Å². The van der Waals surface area contributed by atoms with Crippen molar-refractivity contribution in [3.8, 4) is 0 Å². The lowest BCUT2D eigenvalue weighted by molar-refractivity contribution is -0.140. The standard InChI is InChI=1S/C36H40ClN3O4S/c1-26-16-20-31(21-17-26)45(43,44)40(32-23-30(37)19-18-27(32)2)25-34(41)39(24-29-14-10-7-11-15-29)33(35(42)38-36(3,4)5)22-28-12-8-6-9-13-28/h6-21,23,33H,22,24-25H2,1-5H3,(H,38,42)/t33-/m1/s1. The van der Waals surface area contributed by atoms with Gasteiger partial charge in [0.2, 0.25) is 11.8 Å². The van der Waals surface area contributed by atoms with Gasteiger partial charge in [-0.3, -0.25) is 13.9 Å². The number of hydrogen-bond acceptors (Lipinski definition) is 4. The highest BCUT2D eigenvalue weighted by molar-refractivity contribution is 7.92. The van der Waals surface area contributed by atoms with Crippen LogP contribution in [0.1, 0.15) is 43.0 Å². The van der Waals surface area contributed by atoms with Gasteiger partial charge in [-0.25, -0.2) is 8.42 Å². The summed E-state index contributed by atoms with van der Waals surface area (Å²) in [6.07, 6.45) is 0.238. The predicted octanol–water partition coefficient (Wildman–Crippen LogP) is 6.71. The molecule has 2 amide bonds. The molecule has 4 rings (SSSR count). The highest BCUT2D eigenvalue weighted by Crippen LogP contribution is 2.30. The van der Waals surface area contributed by atoms with E-state index in [0.29, 0.717) is 10.6 Å². The Kier molecular flexibility index (Phi) is 10.7. The van der Waals surface area contributed by atoms with Crippen LogP contribution in [0.2, 0.25) is 5.02 Å². The summed E-state index contributed by atoms with van der Waals surface area (Å²) in [7, 11) is -4.22. The van der Waals surface area contributed by atoms with Gasteiger partial charge in [0.25, 0.3) is 10.0 Å². The van der Waals surface area contributed by atoms with Crippen molar-refractivity contribution in [1.29, 1.82) is 0 Å². The summed E-state index contributed by atoms with van der Waals surface area (Å²) in [5.74, 6) is -0.860. The number of sulfonamides is 1. The second-order valence-electron chi connectivity index (χ2n) is 12.2. The molecule has 0 spiro atoms. The Hall–Kier alpha value is -4.14. The quantitative estimate of drug-likeness (QED) is 0.197. The zero-order valence-corrected chi connectivity index (χ0v) is 27.9. The average Bonchev–Trinajstić information content (AvgIpc) is 2.99. The van der Waals surface area contributed by atoms with Gasteiger partial charge < -0.3 is 10.2 Å². The minimum Gasteiger partial charge on any atom is -0.350 e. The molecule has 45 heavy (non-hydrogen) atoms. The van der Waals surface area contributed by atoms with E-state index in [1.807, 2.05) is 88.4 Å². The number of benzene rings is 4. The van der Waals surface area contributed by atoms with Crippen molar-refractivity contribution < 1.29 is 18.0 Å². The molecule has 1 N–H and O–H groups in total. The third kappa shape index (κ3) is 8.96. The van der Waals surface area contributed by atoms with Crippen LogP contribution < -0.4 is 9.62 Å². The number of aryl methyl sites for hydroxylation is 2. The van der Waals surface area contributed by atoms with Gasteiger partial charge in [0.15, 0.2) is 0 Å². The van der Waals surface area contributed by atoms with E-state index in [1.54, 1.807) is 37.3 Å². The number of amides is 2. The predicted molar refractivity (Wildman–Crippen MR) is 181 cm³/mol. The van der Waals surface area contributed by atoms with Crippen molar-refractivity contribution in [2.45, 2.75) is 64.1 Å². The zero-order chi connectivity index (χ0) is 32.8. The van der Waals surface area contributed by atoms with Crippen LogP contribution in [0.15, 0.2) is 108 Å². The molecule has 1 atom stereocenters. The first-order chi connectivity index (χ1) is 21.2. The van der Waals surface area contributed by atoms with E-state index in [2.05, 4.69) is 5.32 Å². The molecule has 4 aromatic carbocycles. The maximum absolute atomic E-state index is 14.6. The minimum absolute atomic E-state index is 0.0428. The van der Waals surface area contributed by atoms with Gasteiger partial charge in [0.05, 0.1) is 10.6 Å². The molecule has 0 bridgehead atoms. The SMILES string of the molecule is Cc1ccc(S(=O)(=O)N(CC(=O)N(Cc2ccccc2)[C@H](Cc2ccccc2)C(=O)NC(C)(C)C)c2cc(Cl)ccc2C)cc1. The number of anilines is 1. The van der Waals surface area contributed by atoms with Gasteiger partial charge in [-0.15, -0.1) is 0 Å². The van der Waals surface area contributed by atoms with Crippen molar-refractivity contribution in [1.82, 2.24) is 10.2 Å². The monoisotopic (exact) mass is 645 g/mol.